The Morgan fingerprint density at radius 3 is 2.81 bits per heavy atom. The van der Waals surface area contributed by atoms with Crippen LogP contribution in [0.15, 0.2) is 12.7 Å². The van der Waals surface area contributed by atoms with Gasteiger partial charge in [-0.3, -0.25) is 9.36 Å². The first-order valence-electron chi connectivity index (χ1n) is 8.31. The fraction of sp³-hybridized carbons (Fsp3) is 0.600. The number of nitrogens with two attached hydrogens (primary N) is 2. The summed E-state index contributed by atoms with van der Waals surface area (Å²) in [5.74, 6) is 0.254. The van der Waals surface area contributed by atoms with Gasteiger partial charge in [0.2, 0.25) is 0 Å². The second-order valence-electron chi connectivity index (χ2n) is 6.51. The van der Waals surface area contributed by atoms with E-state index in [2.05, 4.69) is 15.0 Å². The van der Waals surface area contributed by atoms with Gasteiger partial charge in [-0.05, 0) is 10.9 Å². The lowest BCUT2D eigenvalue weighted by Crippen LogP contribution is -2.37. The molecule has 1 saturated heterocycles. The van der Waals surface area contributed by atoms with Crippen LogP contribution in [0, 0.1) is 0 Å². The maximum Gasteiger partial charge on any atom is 0.320 e. The maximum atomic E-state index is 10.8. The molecule has 7 N–H and O–H groups in total. The van der Waals surface area contributed by atoms with Gasteiger partial charge in [-0.2, -0.15) is 0 Å². The molecule has 3 rings (SSSR count). The summed E-state index contributed by atoms with van der Waals surface area (Å²) in [5.41, 5.74) is 12.1. The minimum absolute atomic E-state index is 0.216. The molecule has 0 radical (unpaired) electrons. The summed E-state index contributed by atoms with van der Waals surface area (Å²) in [7, 11) is -0.235. The molecule has 6 atom stereocenters. The topological polar surface area (TPSA) is 183 Å². The number of hydrogen-bond donors (Lipinski definition) is 5. The van der Waals surface area contributed by atoms with E-state index >= 15 is 0 Å². The molecule has 3 heterocycles. The van der Waals surface area contributed by atoms with Crippen molar-refractivity contribution in [2.45, 2.75) is 37.0 Å². The summed E-state index contributed by atoms with van der Waals surface area (Å²) < 4.78 is 7.41. The summed E-state index contributed by atoms with van der Waals surface area (Å²) in [4.78, 5) is 23.0. The van der Waals surface area contributed by atoms with Crippen LogP contribution in [0.1, 0.15) is 12.6 Å². The van der Waals surface area contributed by atoms with Crippen molar-refractivity contribution in [2.75, 3.05) is 23.5 Å². The van der Waals surface area contributed by atoms with Crippen molar-refractivity contribution in [3.63, 3.8) is 0 Å². The van der Waals surface area contributed by atoms with Crippen molar-refractivity contribution in [1.29, 1.82) is 0 Å². The second kappa shape index (κ2) is 7.94. The molecular weight excluding hydrogens is 377 g/mol. The zero-order valence-electron chi connectivity index (χ0n) is 14.7. The Bertz CT molecular complexity index is 819. The lowest BCUT2D eigenvalue weighted by atomic mass is 10.1. The number of fused-ring (bicyclic) bond motifs is 1. The molecule has 0 bridgehead atoms. The number of ether oxygens (including phenoxy) is 1. The smallest absolute Gasteiger partial charge is 0.320 e. The van der Waals surface area contributed by atoms with Crippen LogP contribution in [-0.2, 0) is 20.4 Å². The van der Waals surface area contributed by atoms with E-state index in [-0.39, 0.29) is 16.7 Å². The first kappa shape index (κ1) is 19.8. The monoisotopic (exact) mass is 400 g/mol. The number of aliphatic carboxylic acids is 1. The molecule has 2 unspecified atom stereocenters. The summed E-state index contributed by atoms with van der Waals surface area (Å²) in [6, 6.07) is -0.907. The number of aliphatic hydroxyl groups excluding tert-OH is 2. The summed E-state index contributed by atoms with van der Waals surface area (Å²) in [6.07, 6.45) is 1.31. The Morgan fingerprint density at radius 1 is 1.37 bits per heavy atom. The first-order valence-corrected chi connectivity index (χ1v) is 10.3. The number of aliphatic hydroxyl groups is 2. The number of carboxylic acid groups (broad SMARTS) is 1. The van der Waals surface area contributed by atoms with Crippen LogP contribution in [0.2, 0.25) is 0 Å². The predicted octanol–water partition coefficient (Wildman–Crippen LogP) is -1.92. The van der Waals surface area contributed by atoms with Gasteiger partial charge in [-0.15, -0.1) is 0 Å². The van der Waals surface area contributed by atoms with Gasteiger partial charge in [-0.1, -0.05) is 0 Å². The van der Waals surface area contributed by atoms with Crippen molar-refractivity contribution in [2.24, 2.45) is 5.73 Å². The molecule has 1 aliphatic rings. The third kappa shape index (κ3) is 3.99. The van der Waals surface area contributed by atoms with E-state index in [1.807, 2.05) is 6.26 Å². The molecule has 0 aromatic carbocycles. The minimum Gasteiger partial charge on any atom is -0.480 e. The summed E-state index contributed by atoms with van der Waals surface area (Å²) in [6.45, 7) is 0. The Balaban J connectivity index is 1.68. The largest absolute Gasteiger partial charge is 0.480 e. The van der Waals surface area contributed by atoms with Gasteiger partial charge in [0.1, 0.15) is 47.7 Å². The molecule has 1 fully saturated rings. The fourth-order valence-electron chi connectivity index (χ4n) is 2.97. The molecule has 27 heavy (non-hydrogen) atoms. The maximum absolute atomic E-state index is 10.8. The lowest BCUT2D eigenvalue weighted by molar-refractivity contribution is -0.138. The van der Waals surface area contributed by atoms with Gasteiger partial charge < -0.3 is 31.5 Å². The predicted molar refractivity (Wildman–Crippen MR) is 98.9 cm³/mol. The zero-order valence-corrected chi connectivity index (χ0v) is 15.5. The second-order valence-corrected chi connectivity index (χ2v) is 8.82. The van der Waals surface area contributed by atoms with E-state index in [4.69, 9.17) is 21.3 Å². The highest BCUT2D eigenvalue weighted by molar-refractivity contribution is 7.96. The van der Waals surface area contributed by atoms with Crippen LogP contribution in [-0.4, -0.2) is 82.9 Å². The van der Waals surface area contributed by atoms with Crippen molar-refractivity contribution < 1.29 is 24.9 Å². The van der Waals surface area contributed by atoms with E-state index in [0.717, 1.165) is 0 Å². The van der Waals surface area contributed by atoms with Crippen molar-refractivity contribution in [3.05, 3.63) is 12.7 Å². The average Bonchev–Trinajstić information content (AvgIpc) is 3.17. The molecule has 0 spiro atoms. The van der Waals surface area contributed by atoms with Crippen molar-refractivity contribution >= 4 is 33.8 Å². The van der Waals surface area contributed by atoms with E-state index in [1.165, 1.54) is 17.2 Å². The van der Waals surface area contributed by atoms with Crippen molar-refractivity contribution in [3.8, 4) is 0 Å². The van der Waals surface area contributed by atoms with Gasteiger partial charge >= 0.3 is 5.97 Å². The Hall–Kier alpha value is -1.99. The van der Waals surface area contributed by atoms with E-state index < -0.39 is 36.6 Å². The molecule has 1 aliphatic heterocycles. The van der Waals surface area contributed by atoms with E-state index in [1.54, 1.807) is 0 Å². The molecule has 11 nitrogen and oxygen atoms in total. The SMILES string of the molecule is [13CH3][S+](CCC(N)C(=O)O)C[C@H]1O[C@@H](n2cnc3c(N)ncnc32)[C@H](O)[C@@H]1O. The molecule has 0 amide bonds. The highest BCUT2D eigenvalue weighted by atomic mass is 32.2. The number of imidazole rings is 1. The van der Waals surface area contributed by atoms with Gasteiger partial charge in [0.15, 0.2) is 17.7 Å². The number of hydrogen-bond acceptors (Lipinski definition) is 9. The van der Waals surface area contributed by atoms with Crippen LogP contribution < -0.4 is 11.5 Å². The molecule has 2 aromatic heterocycles. The third-order valence-electron chi connectivity index (χ3n) is 4.54. The standard InChI is InChI=1S/C15H22N6O5S/c1-27(3-2-7(16)15(24)25)4-8-10(22)11(23)14(26-8)21-6-20-9-12(17)18-5-19-13(9)21/h5-8,10-11,14,22-23H,2-4,16H2,1H3,(H2-,17,18,19,24,25)/p+1/t7?,8-,10-,11-,14-,27?/m1/s1/i1+1. The number of nitrogens with zero attached hydrogens (tertiary/aromatic N) is 4. The highest BCUT2D eigenvalue weighted by Crippen LogP contribution is 2.32. The van der Waals surface area contributed by atoms with E-state index in [0.29, 0.717) is 29.1 Å². The minimum atomic E-state index is -1.16. The molecule has 0 saturated carbocycles. The average molecular weight is 400 g/mol. The zero-order chi connectivity index (χ0) is 19.7. The summed E-state index contributed by atoms with van der Waals surface area (Å²) >= 11 is 0. The third-order valence-corrected chi connectivity index (χ3v) is 6.37. The molecule has 2 aromatic rings. The lowest BCUT2D eigenvalue weighted by Gasteiger charge is -2.16. The van der Waals surface area contributed by atoms with E-state index in [9.17, 15) is 15.0 Å². The van der Waals surface area contributed by atoms with Crippen LogP contribution in [0.25, 0.3) is 11.2 Å². The number of carboxylic acids is 1. The summed E-state index contributed by atoms with van der Waals surface area (Å²) in [5, 5.41) is 29.7. The van der Waals surface area contributed by atoms with Crippen LogP contribution >= 0.6 is 0 Å². The number of aromatic nitrogens is 4. The van der Waals surface area contributed by atoms with Gasteiger partial charge in [-0.25, -0.2) is 15.0 Å². The molecule has 0 aliphatic carbocycles. The van der Waals surface area contributed by atoms with Crippen LogP contribution in [0.3, 0.4) is 0 Å². The quantitative estimate of drug-likeness (QED) is 0.259. The fourth-order valence-corrected chi connectivity index (χ4v) is 4.63. The van der Waals surface area contributed by atoms with Crippen LogP contribution in [0.5, 0.6) is 0 Å². The number of anilines is 1. The Morgan fingerprint density at radius 2 is 2.11 bits per heavy atom. The number of carbonyl (C=O) groups is 1. The van der Waals surface area contributed by atoms with Gasteiger partial charge in [0.05, 0.1) is 12.6 Å². The number of rotatable bonds is 7. The normalized spacial score (nSPS) is 27.7. The van der Waals surface area contributed by atoms with Crippen LogP contribution in [0.4, 0.5) is 5.82 Å². The molecule has 148 valence electrons. The first-order chi connectivity index (χ1) is 12.8. The highest BCUT2D eigenvalue weighted by Gasteiger charge is 2.46. The van der Waals surface area contributed by atoms with Crippen molar-refractivity contribution in [1.82, 2.24) is 19.5 Å². The van der Waals surface area contributed by atoms with Gasteiger partial charge in [0.25, 0.3) is 0 Å². The Labute approximate surface area is 157 Å². The van der Waals surface area contributed by atoms with Gasteiger partial charge in [0, 0.05) is 6.42 Å². The molecular formula is C15H23N6O5S+. The Kier molecular flexibility index (Phi) is 5.81. The number of nitrogen functional groups attached to an aromatic ring is 1. The molecule has 12 heteroatoms.